The number of carbonyl (C=O) groups is 2. The van der Waals surface area contributed by atoms with Crippen LogP contribution in [0.4, 0.5) is 24.8 Å². The summed E-state index contributed by atoms with van der Waals surface area (Å²) in [6, 6.07) is 21.4. The Morgan fingerprint density at radius 1 is 1.00 bits per heavy atom. The zero-order chi connectivity index (χ0) is 36.4. The first-order valence-electron chi connectivity index (χ1n) is 15.9. The van der Waals surface area contributed by atoms with Gasteiger partial charge in [0.05, 0.1) is 16.4 Å². The number of ether oxygens (including phenoxy) is 1. The number of nitrogens with one attached hydrogen (secondary N) is 2. The van der Waals surface area contributed by atoms with Crippen LogP contribution < -0.4 is 26.5 Å². The highest BCUT2D eigenvalue weighted by Gasteiger charge is 2.31. The van der Waals surface area contributed by atoms with Crippen molar-refractivity contribution >= 4 is 45.5 Å². The molecule has 0 aliphatic rings. The number of aromatic hydroxyl groups is 1. The maximum absolute atomic E-state index is 13.3. The lowest BCUT2D eigenvalue weighted by molar-refractivity contribution is -0.274. The van der Waals surface area contributed by atoms with Gasteiger partial charge < -0.3 is 35.2 Å². The molecule has 0 bridgehead atoms. The molecule has 2 aromatic heterocycles. The Kier molecular flexibility index (Phi) is 9.42. The van der Waals surface area contributed by atoms with Crippen LogP contribution in [0, 0.1) is 0 Å². The van der Waals surface area contributed by atoms with E-state index in [4.69, 9.17) is 15.1 Å². The summed E-state index contributed by atoms with van der Waals surface area (Å²) in [5.74, 6) is -0.850. The van der Waals surface area contributed by atoms with Gasteiger partial charge >= 0.3 is 6.36 Å². The summed E-state index contributed by atoms with van der Waals surface area (Å²) in [4.78, 5) is 43.1. The highest BCUT2D eigenvalue weighted by Crippen LogP contribution is 2.33. The van der Waals surface area contributed by atoms with Gasteiger partial charge in [-0.05, 0) is 73.5 Å². The highest BCUT2D eigenvalue weighted by molar-refractivity contribution is 5.98. The maximum atomic E-state index is 13.3. The number of nitrogens with zero attached hydrogens (tertiary/aromatic N) is 2. The smallest absolute Gasteiger partial charge is 0.508 e. The maximum Gasteiger partial charge on any atom is 0.573 e. The van der Waals surface area contributed by atoms with Gasteiger partial charge in [0.2, 0.25) is 11.9 Å². The second kappa shape index (κ2) is 13.9. The van der Waals surface area contributed by atoms with E-state index in [2.05, 4.69) is 15.4 Å². The minimum Gasteiger partial charge on any atom is -0.508 e. The average Bonchev–Trinajstić information content (AvgIpc) is 3.44. The fourth-order valence-electron chi connectivity index (χ4n) is 5.59. The molecule has 2 atom stereocenters. The van der Waals surface area contributed by atoms with Crippen LogP contribution in [0.15, 0.2) is 100 Å². The molecule has 6 aromatic rings. The molecule has 4 aromatic carbocycles. The Morgan fingerprint density at radius 3 is 2.31 bits per heavy atom. The summed E-state index contributed by atoms with van der Waals surface area (Å²) in [7, 11) is 0. The third-order valence-electron chi connectivity index (χ3n) is 8.37. The minimum atomic E-state index is -4.80. The van der Waals surface area contributed by atoms with Gasteiger partial charge in [0.1, 0.15) is 28.9 Å². The number of imidazole rings is 1. The molecular weight excluding hydrogens is 667 g/mol. The Labute approximate surface area is 288 Å². The monoisotopic (exact) mass is 699 g/mol. The number of benzene rings is 4. The normalized spacial score (nSPS) is 12.8. The second-order valence-electron chi connectivity index (χ2n) is 11.9. The number of rotatable bonds is 11. The molecule has 0 fully saturated rings. The first-order valence-corrected chi connectivity index (χ1v) is 15.9. The summed E-state index contributed by atoms with van der Waals surface area (Å²) in [5.41, 5.74) is 8.65. The van der Waals surface area contributed by atoms with Crippen LogP contribution in [0.5, 0.6) is 11.5 Å². The molecule has 51 heavy (non-hydrogen) atoms. The standard InChI is InChI=1S/C37H32F3N5O6/c1-3-20(2)45-30-18-33-27(17-28(30)44-36(45)42-24-10-14-26(15-11-24)51-37(38,39)40)31(47)19-32(50-33)22-6-8-23(9-7-22)35(49)43-29(34(41)48)16-21-4-12-25(46)13-5-21/h4-15,17-20,29,46H,3,16H2,1-2H3,(H2,41,48)(H,42,44)(H,43,49)/t20?,29-/m0/s1. The van der Waals surface area contributed by atoms with Crippen molar-refractivity contribution in [1.82, 2.24) is 14.9 Å². The number of carbonyl (C=O) groups excluding carboxylic acids is 2. The SMILES string of the molecule is CCC(C)n1c(Nc2ccc(OC(F)(F)F)cc2)nc2cc3c(=O)cc(-c4ccc(C(=O)N[C@@H](Cc5ccc(O)cc5)C(N)=O)cc4)oc3cc21. The van der Waals surface area contributed by atoms with Crippen molar-refractivity contribution in [3.05, 3.63) is 112 Å². The summed E-state index contributed by atoms with van der Waals surface area (Å²) in [6.07, 6.45) is -3.95. The van der Waals surface area contributed by atoms with E-state index in [1.54, 1.807) is 36.4 Å². The molecular formula is C37H32F3N5O6. The summed E-state index contributed by atoms with van der Waals surface area (Å²) in [5, 5.41) is 15.6. The lowest BCUT2D eigenvalue weighted by Crippen LogP contribution is -2.45. The molecule has 2 amide bonds. The number of alkyl halides is 3. The van der Waals surface area contributed by atoms with Crippen LogP contribution >= 0.6 is 0 Å². The zero-order valence-corrected chi connectivity index (χ0v) is 27.3. The molecule has 11 nitrogen and oxygen atoms in total. The van der Waals surface area contributed by atoms with Gasteiger partial charge in [0, 0.05) is 41.4 Å². The number of amides is 2. The number of hydrogen-bond donors (Lipinski definition) is 4. The van der Waals surface area contributed by atoms with Gasteiger partial charge in [-0.15, -0.1) is 13.2 Å². The first kappa shape index (κ1) is 34.5. The van der Waals surface area contributed by atoms with Gasteiger partial charge in [0.15, 0.2) is 5.43 Å². The van der Waals surface area contributed by atoms with Crippen LogP contribution in [0.3, 0.4) is 0 Å². The Balaban J connectivity index is 1.26. The number of nitrogens with two attached hydrogens (primary N) is 1. The van der Waals surface area contributed by atoms with Crippen LogP contribution in [-0.2, 0) is 11.2 Å². The van der Waals surface area contributed by atoms with Crippen molar-refractivity contribution in [3.8, 4) is 22.8 Å². The predicted molar refractivity (Wildman–Crippen MR) is 185 cm³/mol. The summed E-state index contributed by atoms with van der Waals surface area (Å²) in [6.45, 7) is 3.98. The lowest BCUT2D eigenvalue weighted by Gasteiger charge is -2.17. The molecule has 0 saturated heterocycles. The summed E-state index contributed by atoms with van der Waals surface area (Å²) >= 11 is 0. The molecule has 0 aliphatic carbocycles. The van der Waals surface area contributed by atoms with E-state index in [-0.39, 0.29) is 40.7 Å². The van der Waals surface area contributed by atoms with Crippen molar-refractivity contribution in [3.63, 3.8) is 0 Å². The van der Waals surface area contributed by atoms with Crippen molar-refractivity contribution in [2.24, 2.45) is 5.73 Å². The van der Waals surface area contributed by atoms with Gasteiger partial charge in [-0.2, -0.15) is 0 Å². The molecule has 262 valence electrons. The molecule has 0 saturated carbocycles. The number of fused-ring (bicyclic) bond motifs is 2. The Bertz CT molecular complexity index is 2280. The topological polar surface area (TPSA) is 162 Å². The number of phenolic OH excluding ortho intramolecular Hbond substituents is 1. The van der Waals surface area contributed by atoms with Crippen molar-refractivity contribution < 1.29 is 37.0 Å². The molecule has 14 heteroatoms. The fraction of sp³-hybridized carbons (Fsp3) is 0.189. The average molecular weight is 700 g/mol. The van der Waals surface area contributed by atoms with Crippen molar-refractivity contribution in [2.45, 2.75) is 45.1 Å². The molecule has 2 heterocycles. The highest BCUT2D eigenvalue weighted by atomic mass is 19.4. The Hall–Kier alpha value is -6.31. The van der Waals surface area contributed by atoms with Crippen LogP contribution in [0.25, 0.3) is 33.3 Å². The Morgan fingerprint density at radius 2 is 1.69 bits per heavy atom. The van der Waals surface area contributed by atoms with Gasteiger partial charge in [0.25, 0.3) is 5.91 Å². The third kappa shape index (κ3) is 7.80. The molecule has 1 unspecified atom stereocenters. The zero-order valence-electron chi connectivity index (χ0n) is 27.3. The molecule has 6 rings (SSSR count). The molecule has 0 aliphatic heterocycles. The van der Waals surface area contributed by atoms with Crippen LogP contribution in [0.1, 0.15) is 42.2 Å². The van der Waals surface area contributed by atoms with Gasteiger partial charge in [-0.1, -0.05) is 31.2 Å². The van der Waals surface area contributed by atoms with Crippen LogP contribution in [-0.4, -0.2) is 38.9 Å². The summed E-state index contributed by atoms with van der Waals surface area (Å²) < 4.78 is 49.9. The number of phenols is 1. The number of aromatic nitrogens is 2. The van der Waals surface area contributed by atoms with Gasteiger partial charge in [-0.25, -0.2) is 4.98 Å². The largest absolute Gasteiger partial charge is 0.573 e. The predicted octanol–water partition coefficient (Wildman–Crippen LogP) is 6.95. The van der Waals surface area contributed by atoms with Crippen molar-refractivity contribution in [2.75, 3.05) is 5.32 Å². The number of anilines is 2. The number of halogens is 3. The van der Waals surface area contributed by atoms with E-state index >= 15 is 0 Å². The van der Waals surface area contributed by atoms with Gasteiger partial charge in [-0.3, -0.25) is 14.4 Å². The number of hydrogen-bond acceptors (Lipinski definition) is 8. The quantitative estimate of drug-likeness (QED) is 0.113. The van der Waals surface area contributed by atoms with E-state index in [0.29, 0.717) is 44.8 Å². The van der Waals surface area contributed by atoms with E-state index in [1.807, 2.05) is 18.4 Å². The van der Waals surface area contributed by atoms with E-state index in [0.717, 1.165) is 6.42 Å². The molecule has 5 N–H and O–H groups in total. The number of primary amides is 1. The van der Waals surface area contributed by atoms with Crippen molar-refractivity contribution in [1.29, 1.82) is 0 Å². The molecule has 0 radical (unpaired) electrons. The van der Waals surface area contributed by atoms with E-state index in [1.165, 1.54) is 54.6 Å². The second-order valence-corrected chi connectivity index (χ2v) is 11.9. The van der Waals surface area contributed by atoms with E-state index < -0.39 is 24.2 Å². The lowest BCUT2D eigenvalue weighted by atomic mass is 10.0. The minimum absolute atomic E-state index is 0.0633. The van der Waals surface area contributed by atoms with Crippen LogP contribution in [0.2, 0.25) is 0 Å². The third-order valence-corrected chi connectivity index (χ3v) is 8.37. The first-order chi connectivity index (χ1) is 24.3. The van der Waals surface area contributed by atoms with E-state index in [9.17, 15) is 32.7 Å². The fourth-order valence-corrected chi connectivity index (χ4v) is 5.59. The molecule has 0 spiro atoms.